The summed E-state index contributed by atoms with van der Waals surface area (Å²) in [6.45, 7) is 1.85. The van der Waals surface area contributed by atoms with Gasteiger partial charge in [0.15, 0.2) is 23.1 Å². The zero-order valence-corrected chi connectivity index (χ0v) is 22.2. The number of aryl methyl sites for hydroxylation is 1. The minimum Gasteiger partial charge on any atom is -0.506 e. The molecule has 0 unspecified atom stereocenters. The van der Waals surface area contributed by atoms with Gasteiger partial charge in [-0.2, -0.15) is 0 Å². The molecule has 0 aliphatic rings. The number of anilines is 1. The van der Waals surface area contributed by atoms with Gasteiger partial charge >= 0.3 is 0 Å². The van der Waals surface area contributed by atoms with Crippen molar-refractivity contribution in [2.45, 2.75) is 13.3 Å². The van der Waals surface area contributed by atoms with E-state index in [1.807, 2.05) is 6.92 Å². The number of nitrogens with zero attached hydrogens (tertiary/aromatic N) is 3. The van der Waals surface area contributed by atoms with E-state index in [4.69, 9.17) is 14.2 Å². The van der Waals surface area contributed by atoms with Crippen molar-refractivity contribution in [1.82, 2.24) is 15.0 Å². The van der Waals surface area contributed by atoms with Gasteiger partial charge in [-0.25, -0.2) is 13.8 Å². The number of amides is 1. The molecule has 2 N–H and O–H groups in total. The molecule has 41 heavy (non-hydrogen) atoms. The predicted molar refractivity (Wildman–Crippen MR) is 148 cm³/mol. The third-order valence-corrected chi connectivity index (χ3v) is 6.27. The van der Waals surface area contributed by atoms with E-state index in [0.717, 1.165) is 6.07 Å². The Morgan fingerprint density at radius 3 is 2.41 bits per heavy atom. The standard InChI is InChI=1S/C30H24F2N4O5/c1-4-21-26(16-5-7-17(31)8-6-16)28(37)19(15-34-21)29(38)35-18-9-10-23(20(32)13-18)41-24-11-12-33-22-14-25(39-2)30(40-3)36-27(22)24/h5-15H,4H2,1-3H3,(H,34,37)(H,35,38). The summed E-state index contributed by atoms with van der Waals surface area (Å²) >= 11 is 0. The van der Waals surface area contributed by atoms with Gasteiger partial charge in [-0.15, -0.1) is 0 Å². The summed E-state index contributed by atoms with van der Waals surface area (Å²) in [5.41, 5.74) is 2.14. The number of nitrogens with one attached hydrogen (secondary N) is 1. The van der Waals surface area contributed by atoms with Crippen molar-refractivity contribution in [3.63, 3.8) is 0 Å². The van der Waals surface area contributed by atoms with Crippen LogP contribution in [0.15, 0.2) is 67.0 Å². The maximum Gasteiger partial charge on any atom is 0.261 e. The number of methoxy groups -OCH3 is 2. The zero-order valence-electron chi connectivity index (χ0n) is 22.2. The lowest BCUT2D eigenvalue weighted by Gasteiger charge is -2.14. The molecule has 1 amide bonds. The van der Waals surface area contributed by atoms with E-state index in [9.17, 15) is 14.3 Å². The Morgan fingerprint density at radius 1 is 0.951 bits per heavy atom. The van der Waals surface area contributed by atoms with Crippen LogP contribution in [-0.2, 0) is 6.42 Å². The van der Waals surface area contributed by atoms with Gasteiger partial charge in [0, 0.05) is 41.8 Å². The summed E-state index contributed by atoms with van der Waals surface area (Å²) < 4.78 is 44.8. The average Bonchev–Trinajstić information content (AvgIpc) is 2.98. The number of halogens is 2. The molecule has 0 saturated heterocycles. The Hall–Kier alpha value is -5.32. The molecule has 208 valence electrons. The van der Waals surface area contributed by atoms with Crippen molar-refractivity contribution in [3.05, 3.63) is 89.9 Å². The smallest absolute Gasteiger partial charge is 0.261 e. The molecule has 0 saturated carbocycles. The normalized spacial score (nSPS) is 10.9. The fraction of sp³-hybridized carbons (Fsp3) is 0.133. The zero-order chi connectivity index (χ0) is 29.1. The molecule has 0 bridgehead atoms. The summed E-state index contributed by atoms with van der Waals surface area (Å²) in [5, 5.41) is 13.5. The molecule has 0 aliphatic heterocycles. The minimum atomic E-state index is -0.760. The first-order valence-electron chi connectivity index (χ1n) is 12.5. The van der Waals surface area contributed by atoms with E-state index in [2.05, 4.69) is 20.3 Å². The van der Waals surface area contributed by atoms with Gasteiger partial charge in [0.05, 0.1) is 25.4 Å². The van der Waals surface area contributed by atoms with Crippen molar-refractivity contribution in [1.29, 1.82) is 0 Å². The van der Waals surface area contributed by atoms with Crippen molar-refractivity contribution < 1.29 is 32.9 Å². The van der Waals surface area contributed by atoms with Gasteiger partial charge in [0.1, 0.15) is 22.6 Å². The maximum atomic E-state index is 15.1. The third-order valence-electron chi connectivity index (χ3n) is 6.27. The number of hydrogen-bond donors (Lipinski definition) is 2. The van der Waals surface area contributed by atoms with Crippen LogP contribution in [0.2, 0.25) is 0 Å². The van der Waals surface area contributed by atoms with Crippen molar-refractivity contribution in [2.75, 3.05) is 19.5 Å². The Balaban J connectivity index is 1.40. The summed E-state index contributed by atoms with van der Waals surface area (Å²) in [4.78, 5) is 26.0. The first kappa shape index (κ1) is 27.3. The summed E-state index contributed by atoms with van der Waals surface area (Å²) in [7, 11) is 2.92. The summed E-state index contributed by atoms with van der Waals surface area (Å²) in [5.74, 6) is -1.52. The topological polar surface area (TPSA) is 116 Å². The minimum absolute atomic E-state index is 0.117. The number of benzene rings is 2. The highest BCUT2D eigenvalue weighted by Gasteiger charge is 2.21. The third kappa shape index (κ3) is 5.42. The molecular weight excluding hydrogens is 534 g/mol. The highest BCUT2D eigenvalue weighted by molar-refractivity contribution is 6.07. The maximum absolute atomic E-state index is 15.1. The molecule has 2 aromatic carbocycles. The van der Waals surface area contributed by atoms with Crippen LogP contribution in [0.1, 0.15) is 23.0 Å². The average molecular weight is 559 g/mol. The molecule has 0 fully saturated rings. The number of aromatic hydroxyl groups is 1. The lowest BCUT2D eigenvalue weighted by atomic mass is 9.99. The number of hydrogen-bond acceptors (Lipinski definition) is 8. The molecular formula is C30H24F2N4O5. The van der Waals surface area contributed by atoms with Crippen molar-refractivity contribution in [3.8, 4) is 40.0 Å². The molecule has 5 aromatic rings. The molecule has 0 atom stereocenters. The second-order valence-corrected chi connectivity index (χ2v) is 8.78. The Morgan fingerprint density at radius 2 is 1.73 bits per heavy atom. The van der Waals surface area contributed by atoms with Gasteiger partial charge < -0.3 is 24.6 Å². The van der Waals surface area contributed by atoms with E-state index < -0.39 is 17.5 Å². The van der Waals surface area contributed by atoms with Gasteiger partial charge in [-0.3, -0.25) is 14.8 Å². The fourth-order valence-corrected chi connectivity index (χ4v) is 4.26. The molecule has 0 radical (unpaired) electrons. The summed E-state index contributed by atoms with van der Waals surface area (Å²) in [6.07, 6.45) is 3.20. The van der Waals surface area contributed by atoms with Gasteiger partial charge in [-0.1, -0.05) is 19.1 Å². The Kier molecular flexibility index (Phi) is 7.59. The number of ether oxygens (including phenoxy) is 3. The summed E-state index contributed by atoms with van der Waals surface area (Å²) in [6, 6.07) is 12.5. The molecule has 3 aromatic heterocycles. The highest BCUT2D eigenvalue weighted by Crippen LogP contribution is 2.37. The van der Waals surface area contributed by atoms with Crippen LogP contribution in [0.25, 0.3) is 22.2 Å². The van der Waals surface area contributed by atoms with Crippen LogP contribution in [0.3, 0.4) is 0 Å². The number of carbonyl (C=O) groups is 1. The highest BCUT2D eigenvalue weighted by atomic mass is 19.1. The van der Waals surface area contributed by atoms with Crippen LogP contribution in [0.5, 0.6) is 28.9 Å². The number of carbonyl (C=O) groups excluding carboxylic acids is 1. The van der Waals surface area contributed by atoms with E-state index in [0.29, 0.717) is 40.0 Å². The monoisotopic (exact) mass is 558 g/mol. The molecule has 9 nitrogen and oxygen atoms in total. The van der Waals surface area contributed by atoms with Crippen LogP contribution in [0.4, 0.5) is 14.5 Å². The van der Waals surface area contributed by atoms with E-state index in [1.54, 1.807) is 6.07 Å². The quantitative estimate of drug-likeness (QED) is 0.228. The van der Waals surface area contributed by atoms with Crippen LogP contribution in [0, 0.1) is 11.6 Å². The second kappa shape index (κ2) is 11.4. The molecule has 0 spiro atoms. The molecule has 3 heterocycles. The van der Waals surface area contributed by atoms with Gasteiger partial charge in [0.2, 0.25) is 0 Å². The largest absolute Gasteiger partial charge is 0.506 e. The first-order chi connectivity index (χ1) is 19.8. The van der Waals surface area contributed by atoms with Crippen molar-refractivity contribution >= 4 is 22.6 Å². The lowest BCUT2D eigenvalue weighted by molar-refractivity contribution is 0.102. The molecule has 11 heteroatoms. The molecule has 5 rings (SSSR count). The lowest BCUT2D eigenvalue weighted by Crippen LogP contribution is -2.14. The van der Waals surface area contributed by atoms with Crippen LogP contribution in [-0.4, -0.2) is 40.2 Å². The number of aromatic nitrogens is 3. The Bertz CT molecular complexity index is 1760. The van der Waals surface area contributed by atoms with Gasteiger partial charge in [0.25, 0.3) is 11.8 Å². The number of fused-ring (bicyclic) bond motifs is 1. The molecule has 0 aliphatic carbocycles. The number of rotatable bonds is 8. The first-order valence-corrected chi connectivity index (χ1v) is 12.5. The number of pyridine rings is 3. The van der Waals surface area contributed by atoms with Crippen LogP contribution < -0.4 is 19.5 Å². The van der Waals surface area contributed by atoms with Crippen LogP contribution >= 0.6 is 0 Å². The van der Waals surface area contributed by atoms with E-state index >= 15 is 4.39 Å². The fourth-order valence-electron chi connectivity index (χ4n) is 4.26. The van der Waals surface area contributed by atoms with Crippen molar-refractivity contribution in [2.24, 2.45) is 0 Å². The Labute approximate surface area is 233 Å². The van der Waals surface area contributed by atoms with E-state index in [-0.39, 0.29) is 34.4 Å². The second-order valence-electron chi connectivity index (χ2n) is 8.78. The SMILES string of the molecule is CCc1ncc(C(=O)Nc2ccc(Oc3ccnc4cc(OC)c(OC)nc34)c(F)c2)c(O)c1-c1ccc(F)cc1. The predicted octanol–water partition coefficient (Wildman–Crippen LogP) is 6.30. The van der Waals surface area contributed by atoms with Gasteiger partial charge in [-0.05, 0) is 36.2 Å². The van der Waals surface area contributed by atoms with E-state index in [1.165, 1.54) is 69.1 Å².